The van der Waals surface area contributed by atoms with Crippen molar-refractivity contribution in [3.63, 3.8) is 0 Å². The van der Waals surface area contributed by atoms with E-state index in [-0.39, 0.29) is 11.8 Å². The zero-order chi connectivity index (χ0) is 15.4. The molecule has 0 aromatic heterocycles. The monoisotopic (exact) mass is 346 g/mol. The van der Waals surface area contributed by atoms with Gasteiger partial charge < -0.3 is 10.6 Å². The number of carbonyl (C=O) groups excluding carboxylic acids is 2. The molecule has 0 aliphatic rings. The van der Waals surface area contributed by atoms with Gasteiger partial charge in [-0.1, -0.05) is 15.9 Å². The molecular formula is C16H15BrN2O2. The third kappa shape index (κ3) is 4.16. The zero-order valence-corrected chi connectivity index (χ0v) is 13.3. The van der Waals surface area contributed by atoms with Gasteiger partial charge in [-0.25, -0.2) is 0 Å². The molecule has 2 aromatic rings. The van der Waals surface area contributed by atoms with E-state index in [1.807, 2.05) is 19.1 Å². The zero-order valence-electron chi connectivity index (χ0n) is 11.7. The van der Waals surface area contributed by atoms with Crippen molar-refractivity contribution in [3.05, 3.63) is 58.1 Å². The number of carbonyl (C=O) groups is 2. The highest BCUT2D eigenvalue weighted by Crippen LogP contribution is 2.19. The number of hydrogen-bond acceptors (Lipinski definition) is 2. The average molecular weight is 347 g/mol. The molecule has 0 fully saturated rings. The molecule has 0 aliphatic heterocycles. The van der Waals surface area contributed by atoms with Gasteiger partial charge in [-0.15, -0.1) is 0 Å². The van der Waals surface area contributed by atoms with E-state index in [0.29, 0.717) is 16.9 Å². The number of benzene rings is 2. The van der Waals surface area contributed by atoms with Crippen LogP contribution in [0.1, 0.15) is 22.8 Å². The molecule has 0 saturated heterocycles. The van der Waals surface area contributed by atoms with Crippen LogP contribution < -0.4 is 10.6 Å². The minimum atomic E-state index is -0.169. The molecule has 2 rings (SSSR count). The van der Waals surface area contributed by atoms with E-state index in [0.717, 1.165) is 10.0 Å². The molecule has 108 valence electrons. The highest BCUT2D eigenvalue weighted by Gasteiger charge is 2.07. The minimum absolute atomic E-state index is 0.128. The van der Waals surface area contributed by atoms with Crippen molar-refractivity contribution in [2.45, 2.75) is 13.8 Å². The van der Waals surface area contributed by atoms with Gasteiger partial charge in [-0.2, -0.15) is 0 Å². The summed E-state index contributed by atoms with van der Waals surface area (Å²) in [5.74, 6) is -0.296. The highest BCUT2D eigenvalue weighted by atomic mass is 79.9. The highest BCUT2D eigenvalue weighted by molar-refractivity contribution is 9.10. The molecule has 0 aliphatic carbocycles. The summed E-state index contributed by atoms with van der Waals surface area (Å²) >= 11 is 3.41. The summed E-state index contributed by atoms with van der Waals surface area (Å²) in [7, 11) is 0. The average Bonchev–Trinajstić information content (AvgIpc) is 2.43. The topological polar surface area (TPSA) is 58.2 Å². The van der Waals surface area contributed by atoms with Crippen LogP contribution in [0.5, 0.6) is 0 Å². The summed E-state index contributed by atoms with van der Waals surface area (Å²) < 4.78 is 0.971. The van der Waals surface area contributed by atoms with E-state index in [1.54, 1.807) is 30.3 Å². The Bertz CT molecular complexity index is 681. The lowest BCUT2D eigenvalue weighted by Gasteiger charge is -2.08. The van der Waals surface area contributed by atoms with E-state index >= 15 is 0 Å². The largest absolute Gasteiger partial charge is 0.326 e. The summed E-state index contributed by atoms with van der Waals surface area (Å²) in [4.78, 5) is 23.1. The van der Waals surface area contributed by atoms with Gasteiger partial charge in [0.15, 0.2) is 0 Å². The van der Waals surface area contributed by atoms with Crippen LogP contribution in [-0.4, -0.2) is 11.8 Å². The van der Waals surface area contributed by atoms with E-state index in [1.165, 1.54) is 6.92 Å². The normalized spacial score (nSPS) is 10.0. The summed E-state index contributed by atoms with van der Waals surface area (Å²) in [6.07, 6.45) is 0. The number of aryl methyl sites for hydroxylation is 1. The molecule has 0 radical (unpaired) electrons. The van der Waals surface area contributed by atoms with E-state index in [2.05, 4.69) is 26.6 Å². The van der Waals surface area contributed by atoms with Crippen molar-refractivity contribution < 1.29 is 9.59 Å². The van der Waals surface area contributed by atoms with Gasteiger partial charge in [-0.05, 0) is 55.0 Å². The molecule has 2 aromatic carbocycles. The van der Waals surface area contributed by atoms with Crippen molar-refractivity contribution >= 4 is 39.1 Å². The van der Waals surface area contributed by atoms with Crippen molar-refractivity contribution in [1.82, 2.24) is 0 Å². The Morgan fingerprint density at radius 1 is 0.952 bits per heavy atom. The fourth-order valence-corrected chi connectivity index (χ4v) is 2.08. The van der Waals surface area contributed by atoms with Crippen molar-refractivity contribution in [3.8, 4) is 0 Å². The maximum absolute atomic E-state index is 12.1. The Hall–Kier alpha value is -2.14. The second kappa shape index (κ2) is 6.54. The molecule has 2 amide bonds. The minimum Gasteiger partial charge on any atom is -0.326 e. The first-order valence-corrected chi connectivity index (χ1v) is 7.20. The van der Waals surface area contributed by atoms with Crippen LogP contribution in [0.25, 0.3) is 0 Å². The first kappa shape index (κ1) is 15.3. The molecule has 0 atom stereocenters. The Balaban J connectivity index is 2.08. The summed E-state index contributed by atoms with van der Waals surface area (Å²) in [6.45, 7) is 3.38. The van der Waals surface area contributed by atoms with Crippen LogP contribution in [0.2, 0.25) is 0 Å². The molecule has 21 heavy (non-hydrogen) atoms. The number of nitrogens with one attached hydrogen (secondary N) is 2. The van der Waals surface area contributed by atoms with Gasteiger partial charge >= 0.3 is 0 Å². The standard InChI is InChI=1S/C16H15BrN2O2/c1-10-9-12(3-8-15(10)17)16(21)19-14-6-4-13(5-7-14)18-11(2)20/h3-9H,1-2H3,(H,18,20)(H,19,21). The number of anilines is 2. The molecule has 0 unspecified atom stereocenters. The molecule has 0 bridgehead atoms. The van der Waals surface area contributed by atoms with Crippen LogP contribution in [0.15, 0.2) is 46.9 Å². The number of hydrogen-bond donors (Lipinski definition) is 2. The molecule has 0 heterocycles. The summed E-state index contributed by atoms with van der Waals surface area (Å²) in [5.41, 5.74) is 2.97. The molecule has 0 saturated carbocycles. The van der Waals surface area contributed by atoms with Gasteiger partial charge in [-0.3, -0.25) is 9.59 Å². The van der Waals surface area contributed by atoms with E-state index in [9.17, 15) is 9.59 Å². The third-order valence-electron chi connectivity index (χ3n) is 2.88. The number of halogens is 1. The first-order valence-electron chi connectivity index (χ1n) is 6.41. The van der Waals surface area contributed by atoms with Crippen molar-refractivity contribution in [2.75, 3.05) is 10.6 Å². The first-order chi connectivity index (χ1) is 9.95. The van der Waals surface area contributed by atoms with Crippen LogP contribution in [0.3, 0.4) is 0 Å². The molecular weight excluding hydrogens is 332 g/mol. The van der Waals surface area contributed by atoms with Crippen LogP contribution in [0.4, 0.5) is 11.4 Å². The lowest BCUT2D eigenvalue weighted by molar-refractivity contribution is -0.114. The Labute approximate surface area is 131 Å². The van der Waals surface area contributed by atoms with E-state index in [4.69, 9.17) is 0 Å². The Morgan fingerprint density at radius 2 is 1.52 bits per heavy atom. The van der Waals surface area contributed by atoms with Gasteiger partial charge in [0.2, 0.25) is 5.91 Å². The molecule has 2 N–H and O–H groups in total. The van der Waals surface area contributed by atoms with Gasteiger partial charge in [0.1, 0.15) is 0 Å². The lowest BCUT2D eigenvalue weighted by Crippen LogP contribution is -2.12. The third-order valence-corrected chi connectivity index (χ3v) is 3.77. The predicted molar refractivity (Wildman–Crippen MR) is 87.6 cm³/mol. The molecule has 4 nitrogen and oxygen atoms in total. The van der Waals surface area contributed by atoms with Crippen molar-refractivity contribution in [2.24, 2.45) is 0 Å². The quantitative estimate of drug-likeness (QED) is 0.883. The SMILES string of the molecule is CC(=O)Nc1ccc(NC(=O)c2ccc(Br)c(C)c2)cc1. The molecule has 5 heteroatoms. The van der Waals surface area contributed by atoms with Gasteiger partial charge in [0.05, 0.1) is 0 Å². The maximum atomic E-state index is 12.1. The van der Waals surface area contributed by atoms with Crippen LogP contribution in [0, 0.1) is 6.92 Å². The summed E-state index contributed by atoms with van der Waals surface area (Å²) in [5, 5.41) is 5.49. The second-order valence-corrected chi connectivity index (χ2v) is 5.53. The second-order valence-electron chi connectivity index (χ2n) is 4.68. The fraction of sp³-hybridized carbons (Fsp3) is 0.125. The van der Waals surface area contributed by atoms with Gasteiger partial charge in [0, 0.05) is 28.3 Å². The van der Waals surface area contributed by atoms with Crippen molar-refractivity contribution in [1.29, 1.82) is 0 Å². The smallest absolute Gasteiger partial charge is 0.255 e. The predicted octanol–water partition coefficient (Wildman–Crippen LogP) is 3.97. The summed E-state index contributed by atoms with van der Waals surface area (Å²) in [6, 6.07) is 12.4. The van der Waals surface area contributed by atoms with Crippen LogP contribution in [-0.2, 0) is 4.79 Å². The number of amides is 2. The Morgan fingerprint density at radius 3 is 2.05 bits per heavy atom. The van der Waals surface area contributed by atoms with Gasteiger partial charge in [0.25, 0.3) is 5.91 Å². The number of rotatable bonds is 3. The fourth-order valence-electron chi connectivity index (χ4n) is 1.83. The molecule has 0 spiro atoms. The van der Waals surface area contributed by atoms with E-state index < -0.39 is 0 Å². The maximum Gasteiger partial charge on any atom is 0.255 e. The van der Waals surface area contributed by atoms with Crippen LogP contribution >= 0.6 is 15.9 Å². The Kier molecular flexibility index (Phi) is 4.75. The lowest BCUT2D eigenvalue weighted by atomic mass is 10.1.